The maximum atomic E-state index is 14.2. The molecule has 2 aromatic heterocycles. The fourth-order valence-electron chi connectivity index (χ4n) is 7.31. The number of amides is 8. The smallest absolute Gasteiger partial charge is 0.326 e. The summed E-state index contributed by atoms with van der Waals surface area (Å²) in [6.45, 7) is 15.2. The quantitative estimate of drug-likeness (QED) is 0.0418. The van der Waals surface area contributed by atoms with Crippen LogP contribution < -0.4 is 48.3 Å². The molecule has 9 atom stereocenters. The zero-order valence-corrected chi connectivity index (χ0v) is 44.1. The number of carboxylic acid groups (broad SMARTS) is 2. The van der Waals surface area contributed by atoms with E-state index in [1.807, 2.05) is 0 Å². The molecule has 0 aliphatic heterocycles. The number of imidazole rings is 2. The lowest BCUT2D eigenvalue weighted by Gasteiger charge is -2.29. The average Bonchev–Trinajstić information content (AvgIpc) is 4.03. The minimum absolute atomic E-state index is 0.0251. The molecule has 0 spiro atoms. The fraction of sp³-hybridized carbons (Fsp3) is 0.660. The Bertz CT molecular complexity index is 2140. The molecule has 8 amide bonds. The number of carbonyl (C=O) groups excluding carboxylic acids is 8. The number of carboxylic acids is 2. The van der Waals surface area contributed by atoms with E-state index in [4.69, 9.17) is 5.73 Å². The number of carbonyl (C=O) groups is 10. The summed E-state index contributed by atoms with van der Waals surface area (Å²) in [4.78, 5) is 148. The molecule has 14 N–H and O–H groups in total. The van der Waals surface area contributed by atoms with Crippen molar-refractivity contribution in [3.05, 3.63) is 36.4 Å². The van der Waals surface area contributed by atoms with E-state index in [1.54, 1.807) is 61.6 Å². The van der Waals surface area contributed by atoms with Gasteiger partial charge >= 0.3 is 11.9 Å². The Morgan fingerprint density at radius 2 is 0.890 bits per heavy atom. The molecule has 2 rings (SSSR count). The predicted octanol–water partition coefficient (Wildman–Crippen LogP) is -0.750. The highest BCUT2D eigenvalue weighted by molar-refractivity contribution is 7.98. The third-order valence-corrected chi connectivity index (χ3v) is 12.0. The van der Waals surface area contributed by atoms with Crippen LogP contribution in [0.4, 0.5) is 0 Å². The molecule has 0 aromatic carbocycles. The van der Waals surface area contributed by atoms with E-state index in [0.29, 0.717) is 17.1 Å². The van der Waals surface area contributed by atoms with E-state index in [0.717, 1.165) is 0 Å². The summed E-state index contributed by atoms with van der Waals surface area (Å²) in [7, 11) is 0. The van der Waals surface area contributed by atoms with Gasteiger partial charge in [-0.15, -0.1) is 0 Å². The summed E-state index contributed by atoms with van der Waals surface area (Å²) < 4.78 is 0. The third-order valence-electron chi connectivity index (χ3n) is 11.3. The molecule has 0 aliphatic carbocycles. The average molecular weight is 1050 g/mol. The number of nitrogens with two attached hydrogens (primary N) is 1. The van der Waals surface area contributed by atoms with Gasteiger partial charge in [-0.1, -0.05) is 55.4 Å². The van der Waals surface area contributed by atoms with Gasteiger partial charge in [0.15, 0.2) is 0 Å². The van der Waals surface area contributed by atoms with Crippen LogP contribution in [0.15, 0.2) is 25.0 Å². The van der Waals surface area contributed by atoms with Crippen molar-refractivity contribution in [3.8, 4) is 0 Å². The number of aromatic nitrogens is 4. The van der Waals surface area contributed by atoms with Crippen LogP contribution in [-0.2, 0) is 60.8 Å². The Morgan fingerprint density at radius 3 is 1.29 bits per heavy atom. The van der Waals surface area contributed by atoms with Gasteiger partial charge in [0.05, 0.1) is 18.7 Å². The maximum absolute atomic E-state index is 14.2. The molecule has 0 radical (unpaired) electrons. The van der Waals surface area contributed by atoms with Gasteiger partial charge in [0, 0.05) is 43.0 Å². The Hall–Kier alpha value is -6.57. The topological polar surface area (TPSA) is 391 Å². The summed E-state index contributed by atoms with van der Waals surface area (Å²) in [6, 6.07) is -11.4. The van der Waals surface area contributed by atoms with Crippen molar-refractivity contribution < 1.29 is 58.2 Å². The van der Waals surface area contributed by atoms with E-state index in [2.05, 4.69) is 62.5 Å². The summed E-state index contributed by atoms with van der Waals surface area (Å²) in [5, 5.41) is 40.3. The lowest BCUT2D eigenvalue weighted by molar-refractivity contribution is -0.143. The summed E-state index contributed by atoms with van der Waals surface area (Å²) in [5.41, 5.74) is 6.63. The second-order valence-corrected chi connectivity index (χ2v) is 20.5. The molecule has 73 heavy (non-hydrogen) atoms. The minimum atomic E-state index is -1.59. The molecule has 26 heteroatoms. The maximum Gasteiger partial charge on any atom is 0.326 e. The molecular weight excluding hydrogens is 971 g/mol. The standard InChI is InChI=1S/C47H77N13O12S/c1-23(2)15-32(57-45(69)37(25(5)6)60-44(68)34(55-39(63)27(9)48)18-29-20-50-22-52-29)42(66)53-30(11-12-36(61)62)40(64)56-33(17-28-19-49-21-51-28)43(67)54-31(13-14-73-10)41(65)59-38(26(7)8)46(70)58-35(47(71)72)16-24(3)4/h19-27,30-35,37-38H,11-18,48H2,1-10H3,(H,49,51)(H,50,52)(H,53,66)(H,54,67)(H,55,63)(H,56,64)(H,57,69)(H,58,70)(H,59,65)(H,60,68)(H,61,62)(H,71,72)/t27-,30-,31-,32-,33-,34-,35-,37-,38-/m0/s1. The van der Waals surface area contributed by atoms with Crippen molar-refractivity contribution >= 4 is 71.0 Å². The van der Waals surface area contributed by atoms with Crippen molar-refractivity contribution in [3.63, 3.8) is 0 Å². The summed E-state index contributed by atoms with van der Waals surface area (Å²) in [6.07, 6.45) is 6.29. The van der Waals surface area contributed by atoms with Crippen LogP contribution in [0.1, 0.15) is 106 Å². The number of thioether (sulfide) groups is 1. The highest BCUT2D eigenvalue weighted by Crippen LogP contribution is 2.13. The third kappa shape index (κ3) is 22.4. The number of rotatable bonds is 33. The van der Waals surface area contributed by atoms with E-state index >= 15 is 0 Å². The number of hydrogen-bond acceptors (Lipinski definition) is 14. The van der Waals surface area contributed by atoms with Gasteiger partial charge in [0.1, 0.15) is 48.3 Å². The predicted molar refractivity (Wildman–Crippen MR) is 270 cm³/mol. The van der Waals surface area contributed by atoms with Crippen LogP contribution in [0, 0.1) is 23.7 Å². The first-order valence-corrected chi connectivity index (χ1v) is 25.7. The molecule has 2 aromatic rings. The Kier molecular flexibility index (Phi) is 26.7. The van der Waals surface area contributed by atoms with Crippen molar-refractivity contribution in [1.82, 2.24) is 62.5 Å². The highest BCUT2D eigenvalue weighted by atomic mass is 32.2. The van der Waals surface area contributed by atoms with Crippen LogP contribution in [0.3, 0.4) is 0 Å². The van der Waals surface area contributed by atoms with Crippen molar-refractivity contribution in [2.45, 2.75) is 162 Å². The lowest BCUT2D eigenvalue weighted by Crippen LogP contribution is -2.61. The SMILES string of the molecule is CSCC[C@H](NC(=O)[C@H](Cc1cnc[nH]1)NC(=O)[C@H](CCC(=O)O)NC(=O)[C@H](CC(C)C)NC(=O)[C@@H](NC(=O)[C@H](Cc1cnc[nH]1)NC(=O)[C@H](C)N)C(C)C)C(=O)N[C@H](C(=O)N[C@@H](CC(C)C)C(=O)O)C(C)C. The van der Waals surface area contributed by atoms with Gasteiger partial charge in [-0.25, -0.2) is 14.8 Å². The minimum Gasteiger partial charge on any atom is -0.481 e. The lowest BCUT2D eigenvalue weighted by atomic mass is 9.98. The molecule has 2 heterocycles. The second-order valence-electron chi connectivity index (χ2n) is 19.5. The number of hydrogen-bond donors (Lipinski definition) is 13. The largest absolute Gasteiger partial charge is 0.481 e. The number of aromatic amines is 2. The van der Waals surface area contributed by atoms with Crippen molar-refractivity contribution in [1.29, 1.82) is 0 Å². The van der Waals surface area contributed by atoms with E-state index in [-0.39, 0.29) is 43.9 Å². The molecule has 0 fully saturated rings. The number of nitrogens with one attached hydrogen (secondary N) is 10. The van der Waals surface area contributed by atoms with Crippen LogP contribution >= 0.6 is 11.8 Å². The Labute approximate surface area is 429 Å². The molecule has 0 saturated carbocycles. The molecular formula is C47H77N13O12S. The van der Waals surface area contributed by atoms with Gasteiger partial charge in [0.25, 0.3) is 0 Å². The van der Waals surface area contributed by atoms with Gasteiger partial charge < -0.3 is 68.4 Å². The van der Waals surface area contributed by atoms with Gasteiger partial charge in [-0.05, 0) is 68.3 Å². The molecule has 0 saturated heterocycles. The first-order valence-electron chi connectivity index (χ1n) is 24.3. The monoisotopic (exact) mass is 1050 g/mol. The molecule has 0 bridgehead atoms. The summed E-state index contributed by atoms with van der Waals surface area (Å²) in [5.74, 6) is -9.89. The number of nitrogens with zero attached hydrogens (tertiary/aromatic N) is 2. The fourth-order valence-corrected chi connectivity index (χ4v) is 7.78. The number of aliphatic carboxylic acids is 2. The van der Waals surface area contributed by atoms with Gasteiger partial charge in [0.2, 0.25) is 47.3 Å². The van der Waals surface area contributed by atoms with Crippen molar-refractivity contribution in [2.24, 2.45) is 29.4 Å². The zero-order valence-electron chi connectivity index (χ0n) is 43.3. The zero-order chi connectivity index (χ0) is 55.1. The first kappa shape index (κ1) is 62.5. The van der Waals surface area contributed by atoms with Crippen LogP contribution in [0.25, 0.3) is 0 Å². The first-order chi connectivity index (χ1) is 34.2. The van der Waals surface area contributed by atoms with Gasteiger partial charge in [-0.3, -0.25) is 43.2 Å². The normalized spacial score (nSPS) is 15.1. The highest BCUT2D eigenvalue weighted by Gasteiger charge is 2.37. The Balaban J connectivity index is 2.43. The molecule has 0 aliphatic rings. The Morgan fingerprint density at radius 1 is 0.521 bits per heavy atom. The summed E-state index contributed by atoms with van der Waals surface area (Å²) >= 11 is 1.37. The van der Waals surface area contributed by atoms with Gasteiger partial charge in [-0.2, -0.15) is 11.8 Å². The van der Waals surface area contributed by atoms with E-state index in [1.165, 1.54) is 43.7 Å². The van der Waals surface area contributed by atoms with Crippen LogP contribution in [0.2, 0.25) is 0 Å². The van der Waals surface area contributed by atoms with Crippen LogP contribution in [0.5, 0.6) is 0 Å². The molecule has 0 unspecified atom stereocenters. The van der Waals surface area contributed by atoms with Crippen molar-refractivity contribution in [2.75, 3.05) is 12.0 Å². The van der Waals surface area contributed by atoms with E-state index < -0.39 is 138 Å². The number of H-pyrrole nitrogens is 2. The molecule has 408 valence electrons. The van der Waals surface area contributed by atoms with E-state index in [9.17, 15) is 58.2 Å². The van der Waals surface area contributed by atoms with Crippen LogP contribution in [-0.4, -0.2) is 156 Å². The molecule has 25 nitrogen and oxygen atoms in total. The second kappa shape index (κ2) is 31.1.